The van der Waals surface area contributed by atoms with Crippen molar-refractivity contribution in [1.29, 1.82) is 0 Å². The van der Waals surface area contributed by atoms with Gasteiger partial charge in [0.05, 0.1) is 11.0 Å². The summed E-state index contributed by atoms with van der Waals surface area (Å²) in [5.74, 6) is -0.230. The quantitative estimate of drug-likeness (QED) is 0.764. The van der Waals surface area contributed by atoms with Crippen LogP contribution in [0.3, 0.4) is 0 Å². The van der Waals surface area contributed by atoms with Crippen LogP contribution in [0.25, 0.3) is 11.0 Å². The highest BCUT2D eigenvalue weighted by atomic mass is 79.9. The third-order valence-electron chi connectivity index (χ3n) is 2.12. The van der Waals surface area contributed by atoms with Gasteiger partial charge in [0.15, 0.2) is 4.73 Å². The van der Waals surface area contributed by atoms with E-state index in [0.29, 0.717) is 0 Å². The third kappa shape index (κ3) is 1.43. The normalized spacial score (nSPS) is 11.5. The molecule has 0 aliphatic rings. The lowest BCUT2D eigenvalue weighted by molar-refractivity contribution is 0.599. The van der Waals surface area contributed by atoms with E-state index in [9.17, 15) is 4.39 Å². The molecule has 2 rings (SSSR count). The highest BCUT2D eigenvalue weighted by molar-refractivity contribution is 9.10. The van der Waals surface area contributed by atoms with E-state index >= 15 is 0 Å². The van der Waals surface area contributed by atoms with Crippen molar-refractivity contribution < 1.29 is 4.39 Å². The Labute approximate surface area is 89.9 Å². The Bertz CT molecular complexity index is 476. The van der Waals surface area contributed by atoms with Crippen LogP contribution in [0.5, 0.6) is 0 Å². The monoisotopic (exact) mass is 256 g/mol. The number of rotatable bonds is 1. The molecule has 0 aliphatic heterocycles. The molecule has 0 aliphatic carbocycles. The van der Waals surface area contributed by atoms with E-state index in [1.807, 2.05) is 18.4 Å². The highest BCUT2D eigenvalue weighted by Crippen LogP contribution is 2.24. The average molecular weight is 257 g/mol. The van der Waals surface area contributed by atoms with Crippen LogP contribution in [0.1, 0.15) is 19.9 Å². The zero-order valence-electron chi connectivity index (χ0n) is 7.96. The van der Waals surface area contributed by atoms with Crippen LogP contribution >= 0.6 is 15.9 Å². The van der Waals surface area contributed by atoms with Crippen LogP contribution in [0.4, 0.5) is 4.39 Å². The van der Waals surface area contributed by atoms with Gasteiger partial charge in [0.25, 0.3) is 0 Å². The maximum atomic E-state index is 13.0. The topological polar surface area (TPSA) is 17.8 Å². The molecule has 4 heteroatoms. The summed E-state index contributed by atoms with van der Waals surface area (Å²) in [6.07, 6.45) is 0. The van der Waals surface area contributed by atoms with Crippen molar-refractivity contribution in [2.24, 2.45) is 0 Å². The molecular formula is C10H10BrFN2. The summed E-state index contributed by atoms with van der Waals surface area (Å²) in [4.78, 5) is 4.29. The lowest BCUT2D eigenvalue weighted by Gasteiger charge is -2.09. The molecule has 2 nitrogen and oxygen atoms in total. The van der Waals surface area contributed by atoms with Gasteiger partial charge in [-0.2, -0.15) is 0 Å². The van der Waals surface area contributed by atoms with Gasteiger partial charge in [0.2, 0.25) is 0 Å². The minimum absolute atomic E-state index is 0.230. The maximum Gasteiger partial charge on any atom is 0.178 e. The van der Waals surface area contributed by atoms with Crippen LogP contribution < -0.4 is 0 Å². The predicted octanol–water partition coefficient (Wildman–Crippen LogP) is 3.52. The van der Waals surface area contributed by atoms with Crippen LogP contribution in [0, 0.1) is 5.82 Å². The molecule has 0 N–H and O–H groups in total. The zero-order valence-corrected chi connectivity index (χ0v) is 9.55. The van der Waals surface area contributed by atoms with Gasteiger partial charge in [-0.1, -0.05) is 0 Å². The summed E-state index contributed by atoms with van der Waals surface area (Å²) in [7, 11) is 0. The summed E-state index contributed by atoms with van der Waals surface area (Å²) in [5, 5.41) is 0. The van der Waals surface area contributed by atoms with Crippen molar-refractivity contribution in [2.45, 2.75) is 19.9 Å². The van der Waals surface area contributed by atoms with Crippen molar-refractivity contribution in [3.63, 3.8) is 0 Å². The van der Waals surface area contributed by atoms with Gasteiger partial charge in [-0.3, -0.25) is 0 Å². The van der Waals surface area contributed by atoms with Crippen molar-refractivity contribution in [3.8, 4) is 0 Å². The molecule has 14 heavy (non-hydrogen) atoms. The molecular weight excluding hydrogens is 247 g/mol. The number of imidazole rings is 1. The molecule has 0 amide bonds. The molecule has 0 unspecified atom stereocenters. The number of halogens is 2. The van der Waals surface area contributed by atoms with Crippen molar-refractivity contribution >= 4 is 27.0 Å². The second kappa shape index (κ2) is 3.35. The van der Waals surface area contributed by atoms with Crippen LogP contribution in [-0.4, -0.2) is 9.55 Å². The molecule has 0 saturated carbocycles. The molecule has 0 spiro atoms. The molecule has 0 fully saturated rings. The molecule has 1 aromatic heterocycles. The number of aromatic nitrogens is 2. The molecule has 2 aromatic rings. The fraction of sp³-hybridized carbons (Fsp3) is 0.300. The molecule has 74 valence electrons. The SMILES string of the molecule is CC(C)n1c(Br)nc2ccc(F)cc21. The molecule has 0 saturated heterocycles. The standard InChI is InChI=1S/C10H10BrFN2/c1-6(2)14-9-5-7(12)3-4-8(9)13-10(14)11/h3-6H,1-2H3. The van der Waals surface area contributed by atoms with Gasteiger partial charge in [-0.15, -0.1) is 0 Å². The van der Waals surface area contributed by atoms with E-state index in [1.54, 1.807) is 6.07 Å². The predicted molar refractivity (Wildman–Crippen MR) is 57.8 cm³/mol. The van der Waals surface area contributed by atoms with Crippen LogP contribution in [0.15, 0.2) is 22.9 Å². The Hall–Kier alpha value is -0.900. The summed E-state index contributed by atoms with van der Waals surface area (Å²) < 4.78 is 15.7. The van der Waals surface area contributed by atoms with Crippen LogP contribution in [-0.2, 0) is 0 Å². The summed E-state index contributed by atoms with van der Waals surface area (Å²) >= 11 is 3.36. The number of benzene rings is 1. The molecule has 1 heterocycles. The van der Waals surface area contributed by atoms with Gasteiger partial charge in [-0.25, -0.2) is 9.37 Å². The summed E-state index contributed by atoms with van der Waals surface area (Å²) in [6.45, 7) is 4.08. The first kappa shape index (κ1) is 9.65. The van der Waals surface area contributed by atoms with E-state index in [0.717, 1.165) is 15.8 Å². The smallest absolute Gasteiger partial charge is 0.178 e. The lowest BCUT2D eigenvalue weighted by Crippen LogP contribution is -2.00. The second-order valence-corrected chi connectivity index (χ2v) is 4.19. The Morgan fingerprint density at radius 2 is 2.14 bits per heavy atom. The molecule has 1 aromatic carbocycles. The van der Waals surface area contributed by atoms with Gasteiger partial charge < -0.3 is 4.57 Å². The second-order valence-electron chi connectivity index (χ2n) is 3.48. The zero-order chi connectivity index (χ0) is 10.3. The first-order valence-electron chi connectivity index (χ1n) is 4.42. The van der Waals surface area contributed by atoms with Crippen LogP contribution in [0.2, 0.25) is 0 Å². The fourth-order valence-electron chi connectivity index (χ4n) is 1.53. The Balaban J connectivity index is 2.79. The van der Waals surface area contributed by atoms with E-state index in [2.05, 4.69) is 20.9 Å². The Morgan fingerprint density at radius 3 is 2.79 bits per heavy atom. The average Bonchev–Trinajstić information content (AvgIpc) is 2.40. The molecule has 0 bridgehead atoms. The maximum absolute atomic E-state index is 13.0. The lowest BCUT2D eigenvalue weighted by atomic mass is 10.3. The fourth-order valence-corrected chi connectivity index (χ4v) is 2.32. The first-order chi connectivity index (χ1) is 6.59. The summed E-state index contributed by atoms with van der Waals surface area (Å²) in [6, 6.07) is 4.88. The first-order valence-corrected chi connectivity index (χ1v) is 5.22. The van der Waals surface area contributed by atoms with Crippen molar-refractivity contribution in [3.05, 3.63) is 28.7 Å². The Kier molecular flexibility index (Phi) is 2.31. The van der Waals surface area contributed by atoms with Gasteiger partial charge in [-0.05, 0) is 48.0 Å². The van der Waals surface area contributed by atoms with E-state index in [-0.39, 0.29) is 11.9 Å². The number of hydrogen-bond acceptors (Lipinski definition) is 1. The molecule has 0 radical (unpaired) electrons. The van der Waals surface area contributed by atoms with E-state index < -0.39 is 0 Å². The Morgan fingerprint density at radius 1 is 1.43 bits per heavy atom. The van der Waals surface area contributed by atoms with Gasteiger partial charge >= 0.3 is 0 Å². The summed E-state index contributed by atoms with van der Waals surface area (Å²) in [5.41, 5.74) is 1.64. The largest absolute Gasteiger partial charge is 0.316 e. The van der Waals surface area contributed by atoms with Gasteiger partial charge in [0.1, 0.15) is 5.82 Å². The number of nitrogens with zero attached hydrogens (tertiary/aromatic N) is 2. The number of fused-ring (bicyclic) bond motifs is 1. The highest BCUT2D eigenvalue weighted by Gasteiger charge is 2.11. The minimum atomic E-state index is -0.230. The van der Waals surface area contributed by atoms with E-state index in [1.165, 1.54) is 12.1 Å². The number of hydrogen-bond donors (Lipinski definition) is 0. The van der Waals surface area contributed by atoms with Crippen molar-refractivity contribution in [2.75, 3.05) is 0 Å². The van der Waals surface area contributed by atoms with Crippen molar-refractivity contribution in [1.82, 2.24) is 9.55 Å². The van der Waals surface area contributed by atoms with Gasteiger partial charge in [0, 0.05) is 6.04 Å². The molecule has 0 atom stereocenters. The van der Waals surface area contributed by atoms with E-state index in [4.69, 9.17) is 0 Å². The minimum Gasteiger partial charge on any atom is -0.316 e. The third-order valence-corrected chi connectivity index (χ3v) is 2.68.